The van der Waals surface area contributed by atoms with Crippen LogP contribution in [0.4, 0.5) is 0 Å². The molecular formula is C13H19N3O. The van der Waals surface area contributed by atoms with E-state index in [2.05, 4.69) is 34.5 Å². The van der Waals surface area contributed by atoms with Crippen LogP contribution in [0.15, 0.2) is 24.3 Å². The van der Waals surface area contributed by atoms with Crippen molar-refractivity contribution in [2.75, 3.05) is 13.1 Å². The molecule has 1 aromatic carbocycles. The van der Waals surface area contributed by atoms with E-state index in [0.29, 0.717) is 6.54 Å². The second-order valence-electron chi connectivity index (χ2n) is 4.45. The fraction of sp³-hybridized carbons (Fsp3) is 0.462. The SMILES string of the molecule is CCNC(CN1Cc2ccccc2C1)C(N)=O. The fourth-order valence-electron chi connectivity index (χ4n) is 2.29. The molecule has 1 aromatic rings. The summed E-state index contributed by atoms with van der Waals surface area (Å²) in [7, 11) is 0. The molecule has 1 heterocycles. The van der Waals surface area contributed by atoms with Gasteiger partial charge < -0.3 is 11.1 Å². The molecule has 0 aliphatic carbocycles. The van der Waals surface area contributed by atoms with E-state index in [1.54, 1.807) is 0 Å². The van der Waals surface area contributed by atoms with Crippen LogP contribution in [-0.2, 0) is 17.9 Å². The second-order valence-corrected chi connectivity index (χ2v) is 4.45. The summed E-state index contributed by atoms with van der Waals surface area (Å²) in [5, 5.41) is 3.12. The third-order valence-electron chi connectivity index (χ3n) is 3.14. The number of nitrogens with two attached hydrogens (primary N) is 1. The van der Waals surface area contributed by atoms with Crippen LogP contribution in [0.3, 0.4) is 0 Å². The molecule has 0 saturated carbocycles. The first kappa shape index (κ1) is 12.1. The maximum absolute atomic E-state index is 11.3. The first-order valence-electron chi connectivity index (χ1n) is 6.02. The Labute approximate surface area is 102 Å². The van der Waals surface area contributed by atoms with Gasteiger partial charge in [0.25, 0.3) is 0 Å². The molecule has 0 fully saturated rings. The third-order valence-corrected chi connectivity index (χ3v) is 3.14. The first-order chi connectivity index (χ1) is 8.20. The summed E-state index contributed by atoms with van der Waals surface area (Å²) in [4.78, 5) is 13.5. The zero-order chi connectivity index (χ0) is 12.3. The lowest BCUT2D eigenvalue weighted by Gasteiger charge is -2.21. The lowest BCUT2D eigenvalue weighted by Crippen LogP contribution is -2.48. The smallest absolute Gasteiger partial charge is 0.235 e. The zero-order valence-electron chi connectivity index (χ0n) is 10.1. The number of amides is 1. The van der Waals surface area contributed by atoms with Crippen molar-refractivity contribution in [2.24, 2.45) is 5.73 Å². The van der Waals surface area contributed by atoms with Crippen molar-refractivity contribution in [2.45, 2.75) is 26.1 Å². The van der Waals surface area contributed by atoms with E-state index in [0.717, 1.165) is 19.6 Å². The number of benzene rings is 1. The van der Waals surface area contributed by atoms with Gasteiger partial charge >= 0.3 is 0 Å². The van der Waals surface area contributed by atoms with Crippen molar-refractivity contribution in [3.63, 3.8) is 0 Å². The van der Waals surface area contributed by atoms with E-state index < -0.39 is 0 Å². The highest BCUT2D eigenvalue weighted by atomic mass is 16.1. The maximum Gasteiger partial charge on any atom is 0.235 e. The molecule has 2 rings (SSSR count). The number of hydrogen-bond donors (Lipinski definition) is 2. The standard InChI is InChI=1S/C13H19N3O/c1-2-15-12(13(14)17)9-16-7-10-5-3-4-6-11(10)8-16/h3-6,12,15H,2,7-9H2,1H3,(H2,14,17). The third kappa shape index (κ3) is 2.84. The van der Waals surface area contributed by atoms with Crippen molar-refractivity contribution < 1.29 is 4.79 Å². The fourth-order valence-corrected chi connectivity index (χ4v) is 2.29. The van der Waals surface area contributed by atoms with Crippen LogP contribution in [0.1, 0.15) is 18.1 Å². The molecule has 92 valence electrons. The Hall–Kier alpha value is -1.39. The molecule has 17 heavy (non-hydrogen) atoms. The van der Waals surface area contributed by atoms with Crippen LogP contribution < -0.4 is 11.1 Å². The summed E-state index contributed by atoms with van der Waals surface area (Å²) < 4.78 is 0. The molecule has 1 aliphatic rings. The van der Waals surface area contributed by atoms with E-state index >= 15 is 0 Å². The number of carbonyl (C=O) groups excluding carboxylic acids is 1. The number of nitrogens with zero attached hydrogens (tertiary/aromatic N) is 1. The van der Waals surface area contributed by atoms with Crippen LogP contribution in [0.2, 0.25) is 0 Å². The minimum Gasteiger partial charge on any atom is -0.368 e. The molecule has 0 aromatic heterocycles. The highest BCUT2D eigenvalue weighted by Crippen LogP contribution is 2.21. The average Bonchev–Trinajstić information content (AvgIpc) is 2.70. The maximum atomic E-state index is 11.3. The van der Waals surface area contributed by atoms with Crippen molar-refractivity contribution in [1.29, 1.82) is 0 Å². The number of primary amides is 1. The molecule has 0 saturated heterocycles. The Bertz CT molecular complexity index is 380. The van der Waals surface area contributed by atoms with Crippen LogP contribution in [0, 0.1) is 0 Å². The minimum absolute atomic E-state index is 0.255. The van der Waals surface area contributed by atoms with Gasteiger partial charge in [0.2, 0.25) is 5.91 Å². The van der Waals surface area contributed by atoms with Gasteiger partial charge in [0.1, 0.15) is 0 Å². The molecule has 1 amide bonds. The second kappa shape index (κ2) is 5.29. The largest absolute Gasteiger partial charge is 0.368 e. The molecule has 1 unspecified atom stereocenters. The van der Waals surface area contributed by atoms with Crippen molar-refractivity contribution in [1.82, 2.24) is 10.2 Å². The van der Waals surface area contributed by atoms with Crippen LogP contribution in [0.5, 0.6) is 0 Å². The number of nitrogens with one attached hydrogen (secondary N) is 1. The summed E-state index contributed by atoms with van der Waals surface area (Å²) >= 11 is 0. The lowest BCUT2D eigenvalue weighted by atomic mass is 10.1. The molecular weight excluding hydrogens is 214 g/mol. The molecule has 0 radical (unpaired) electrons. The van der Waals surface area contributed by atoms with Gasteiger partial charge in [0, 0.05) is 19.6 Å². The van der Waals surface area contributed by atoms with Gasteiger partial charge in [-0.05, 0) is 17.7 Å². The average molecular weight is 233 g/mol. The molecule has 4 heteroatoms. The van der Waals surface area contributed by atoms with Crippen LogP contribution in [-0.4, -0.2) is 29.9 Å². The number of hydrogen-bond acceptors (Lipinski definition) is 3. The van der Waals surface area contributed by atoms with E-state index in [1.807, 2.05) is 6.92 Å². The van der Waals surface area contributed by atoms with Crippen LogP contribution >= 0.6 is 0 Å². The Morgan fingerprint density at radius 2 is 2.00 bits per heavy atom. The van der Waals surface area contributed by atoms with E-state index in [1.165, 1.54) is 11.1 Å². The van der Waals surface area contributed by atoms with E-state index in [4.69, 9.17) is 5.73 Å². The molecule has 1 atom stereocenters. The quantitative estimate of drug-likeness (QED) is 0.777. The number of carbonyl (C=O) groups is 1. The summed E-state index contributed by atoms with van der Waals surface area (Å²) in [6.07, 6.45) is 0. The van der Waals surface area contributed by atoms with Gasteiger partial charge in [-0.25, -0.2) is 0 Å². The Kier molecular flexibility index (Phi) is 3.76. The first-order valence-corrected chi connectivity index (χ1v) is 6.02. The highest BCUT2D eigenvalue weighted by Gasteiger charge is 2.23. The zero-order valence-corrected chi connectivity index (χ0v) is 10.1. The van der Waals surface area contributed by atoms with Gasteiger partial charge in [-0.2, -0.15) is 0 Å². The summed E-state index contributed by atoms with van der Waals surface area (Å²) in [6.45, 7) is 5.23. The Morgan fingerprint density at radius 3 is 2.47 bits per heavy atom. The highest BCUT2D eigenvalue weighted by molar-refractivity contribution is 5.80. The summed E-state index contributed by atoms with van der Waals surface area (Å²) in [6, 6.07) is 8.13. The van der Waals surface area contributed by atoms with Crippen molar-refractivity contribution >= 4 is 5.91 Å². The normalized spacial score (nSPS) is 16.8. The Morgan fingerprint density at radius 1 is 1.41 bits per heavy atom. The van der Waals surface area contributed by atoms with Crippen molar-refractivity contribution in [3.05, 3.63) is 35.4 Å². The molecule has 0 bridgehead atoms. The number of fused-ring (bicyclic) bond motifs is 1. The lowest BCUT2D eigenvalue weighted by molar-refractivity contribution is -0.120. The number of likely N-dealkylation sites (N-methyl/N-ethyl adjacent to an activating group) is 1. The predicted molar refractivity (Wildman–Crippen MR) is 67.2 cm³/mol. The topological polar surface area (TPSA) is 58.4 Å². The summed E-state index contributed by atoms with van der Waals surface area (Å²) in [5.41, 5.74) is 8.09. The van der Waals surface area contributed by atoms with E-state index in [-0.39, 0.29) is 11.9 Å². The van der Waals surface area contributed by atoms with Gasteiger partial charge in [0.05, 0.1) is 6.04 Å². The van der Waals surface area contributed by atoms with E-state index in [9.17, 15) is 4.79 Å². The van der Waals surface area contributed by atoms with Gasteiger partial charge in [0.15, 0.2) is 0 Å². The van der Waals surface area contributed by atoms with Crippen LogP contribution in [0.25, 0.3) is 0 Å². The number of rotatable bonds is 5. The van der Waals surface area contributed by atoms with Crippen molar-refractivity contribution in [3.8, 4) is 0 Å². The van der Waals surface area contributed by atoms with Gasteiger partial charge in [-0.15, -0.1) is 0 Å². The molecule has 3 N–H and O–H groups in total. The Balaban J connectivity index is 1.96. The monoisotopic (exact) mass is 233 g/mol. The van der Waals surface area contributed by atoms with Gasteiger partial charge in [-0.3, -0.25) is 9.69 Å². The van der Waals surface area contributed by atoms with Gasteiger partial charge in [-0.1, -0.05) is 31.2 Å². The summed E-state index contributed by atoms with van der Waals surface area (Å²) in [5.74, 6) is -0.275. The molecule has 1 aliphatic heterocycles. The predicted octanol–water partition coefficient (Wildman–Crippen LogP) is 0.466. The molecule has 0 spiro atoms. The molecule has 4 nitrogen and oxygen atoms in total. The minimum atomic E-state index is -0.275.